The third kappa shape index (κ3) is 5.25. The van der Waals surface area contributed by atoms with E-state index >= 15 is 0 Å². The van der Waals surface area contributed by atoms with Crippen LogP contribution in [0.2, 0.25) is 0 Å². The SMILES string of the molecule is c1ccc(-c2ccccc2[C@H](c2cccc(Oc3cccc(-c4nc5ccccc5s4)c3)c2)c2ccccn2)cc1. The molecule has 5 aromatic carbocycles. The summed E-state index contributed by atoms with van der Waals surface area (Å²) in [5, 5.41) is 0.984. The molecule has 2 heterocycles. The van der Waals surface area contributed by atoms with Crippen LogP contribution in [0.3, 0.4) is 0 Å². The fourth-order valence-corrected chi connectivity index (χ4v) is 6.23. The number of ether oxygens (including phenoxy) is 1. The van der Waals surface area contributed by atoms with E-state index in [1.54, 1.807) is 11.3 Å². The molecule has 7 aromatic rings. The van der Waals surface area contributed by atoms with Gasteiger partial charge in [0.2, 0.25) is 0 Å². The first kappa shape index (κ1) is 24.9. The molecule has 41 heavy (non-hydrogen) atoms. The number of benzene rings is 5. The maximum absolute atomic E-state index is 6.45. The standard InChI is InChI=1S/C37H26N2OS/c1-2-12-26(13-3-1)31-18-4-5-19-32(31)36(34-21-8-9-23-38-34)27-14-10-16-29(24-27)40-30-17-11-15-28(25-30)37-39-33-20-6-7-22-35(33)41-37/h1-25,36H/t36-/m0/s1. The highest BCUT2D eigenvalue weighted by atomic mass is 32.1. The van der Waals surface area contributed by atoms with Crippen LogP contribution in [0.5, 0.6) is 11.5 Å². The average Bonchev–Trinajstić information content (AvgIpc) is 3.48. The Morgan fingerprint density at radius 3 is 2.17 bits per heavy atom. The smallest absolute Gasteiger partial charge is 0.128 e. The van der Waals surface area contributed by atoms with Gasteiger partial charge in [0.05, 0.1) is 21.8 Å². The Labute approximate surface area is 243 Å². The van der Waals surface area contributed by atoms with Crippen molar-refractivity contribution in [2.75, 3.05) is 0 Å². The largest absolute Gasteiger partial charge is 0.457 e. The van der Waals surface area contributed by atoms with Gasteiger partial charge >= 0.3 is 0 Å². The van der Waals surface area contributed by atoms with Crippen molar-refractivity contribution in [3.8, 4) is 33.2 Å². The first-order chi connectivity index (χ1) is 20.3. The lowest BCUT2D eigenvalue weighted by Crippen LogP contribution is -2.07. The highest BCUT2D eigenvalue weighted by molar-refractivity contribution is 7.21. The molecule has 0 aliphatic heterocycles. The van der Waals surface area contributed by atoms with Crippen molar-refractivity contribution in [3.05, 3.63) is 169 Å². The van der Waals surface area contributed by atoms with E-state index in [2.05, 4.69) is 103 Å². The molecule has 0 fully saturated rings. The zero-order valence-corrected chi connectivity index (χ0v) is 23.0. The monoisotopic (exact) mass is 546 g/mol. The molecular formula is C37H26N2OS. The van der Waals surface area contributed by atoms with Crippen LogP contribution >= 0.6 is 11.3 Å². The molecule has 0 bridgehead atoms. The van der Waals surface area contributed by atoms with Crippen LogP contribution in [-0.4, -0.2) is 9.97 Å². The lowest BCUT2D eigenvalue weighted by Gasteiger charge is -2.22. The van der Waals surface area contributed by atoms with Crippen LogP contribution < -0.4 is 4.74 Å². The number of hydrogen-bond donors (Lipinski definition) is 0. The maximum atomic E-state index is 6.45. The van der Waals surface area contributed by atoms with Gasteiger partial charge in [-0.2, -0.15) is 0 Å². The molecule has 0 unspecified atom stereocenters. The highest BCUT2D eigenvalue weighted by Gasteiger charge is 2.22. The molecule has 196 valence electrons. The predicted octanol–water partition coefficient (Wildman–Crippen LogP) is 10.00. The average molecular weight is 547 g/mol. The van der Waals surface area contributed by atoms with Gasteiger partial charge in [0.1, 0.15) is 16.5 Å². The van der Waals surface area contributed by atoms with Gasteiger partial charge in [-0.3, -0.25) is 4.98 Å². The molecular weight excluding hydrogens is 520 g/mol. The second-order valence-electron chi connectivity index (χ2n) is 9.83. The number of para-hydroxylation sites is 1. The summed E-state index contributed by atoms with van der Waals surface area (Å²) in [6.07, 6.45) is 1.86. The number of nitrogens with zero attached hydrogens (tertiary/aromatic N) is 2. The summed E-state index contributed by atoms with van der Waals surface area (Å²) in [6.45, 7) is 0. The summed E-state index contributed by atoms with van der Waals surface area (Å²) in [7, 11) is 0. The minimum absolute atomic E-state index is 0.0646. The minimum Gasteiger partial charge on any atom is -0.457 e. The quantitative estimate of drug-likeness (QED) is 0.199. The van der Waals surface area contributed by atoms with E-state index in [0.717, 1.165) is 38.8 Å². The van der Waals surface area contributed by atoms with Gasteiger partial charge in [-0.1, -0.05) is 97.1 Å². The number of hydrogen-bond acceptors (Lipinski definition) is 4. The zero-order chi connectivity index (χ0) is 27.4. The normalized spacial score (nSPS) is 11.8. The molecule has 7 rings (SSSR count). The second-order valence-corrected chi connectivity index (χ2v) is 10.9. The Morgan fingerprint density at radius 2 is 1.32 bits per heavy atom. The van der Waals surface area contributed by atoms with Gasteiger partial charge < -0.3 is 4.74 Å². The van der Waals surface area contributed by atoms with E-state index in [0.29, 0.717) is 0 Å². The molecule has 3 nitrogen and oxygen atoms in total. The summed E-state index contributed by atoms with van der Waals surface area (Å²) in [4.78, 5) is 9.62. The van der Waals surface area contributed by atoms with Crippen molar-refractivity contribution >= 4 is 21.6 Å². The van der Waals surface area contributed by atoms with Gasteiger partial charge in [-0.05, 0) is 70.8 Å². The summed E-state index contributed by atoms with van der Waals surface area (Å²) in [6, 6.07) is 50.0. The minimum atomic E-state index is -0.0646. The Bertz CT molecular complexity index is 1900. The third-order valence-electron chi connectivity index (χ3n) is 7.14. The van der Waals surface area contributed by atoms with Gasteiger partial charge in [0, 0.05) is 11.8 Å². The summed E-state index contributed by atoms with van der Waals surface area (Å²) < 4.78 is 7.63. The van der Waals surface area contributed by atoms with Crippen LogP contribution in [0.1, 0.15) is 22.7 Å². The van der Waals surface area contributed by atoms with Crippen LogP contribution in [0.25, 0.3) is 31.9 Å². The Kier molecular flexibility index (Phi) is 6.82. The molecule has 2 aromatic heterocycles. The van der Waals surface area contributed by atoms with E-state index < -0.39 is 0 Å². The molecule has 0 saturated heterocycles. The Morgan fingerprint density at radius 1 is 0.585 bits per heavy atom. The second kappa shape index (κ2) is 11.2. The molecule has 0 aliphatic carbocycles. The van der Waals surface area contributed by atoms with Crippen molar-refractivity contribution in [2.24, 2.45) is 0 Å². The van der Waals surface area contributed by atoms with E-state index in [-0.39, 0.29) is 5.92 Å². The predicted molar refractivity (Wildman–Crippen MR) is 169 cm³/mol. The number of thiazole rings is 1. The van der Waals surface area contributed by atoms with Crippen molar-refractivity contribution < 1.29 is 4.74 Å². The first-order valence-electron chi connectivity index (χ1n) is 13.6. The number of aromatic nitrogens is 2. The van der Waals surface area contributed by atoms with Crippen LogP contribution in [0.4, 0.5) is 0 Å². The lowest BCUT2D eigenvalue weighted by atomic mass is 9.83. The highest BCUT2D eigenvalue weighted by Crippen LogP contribution is 2.39. The molecule has 1 atom stereocenters. The van der Waals surface area contributed by atoms with Crippen molar-refractivity contribution in [1.82, 2.24) is 9.97 Å². The Hall–Kier alpha value is -5.06. The summed E-state index contributed by atoms with van der Waals surface area (Å²) in [5.74, 6) is 1.49. The van der Waals surface area contributed by atoms with Gasteiger partial charge in [0.15, 0.2) is 0 Å². The van der Waals surface area contributed by atoms with Gasteiger partial charge in [-0.25, -0.2) is 4.98 Å². The fourth-order valence-electron chi connectivity index (χ4n) is 5.27. The summed E-state index contributed by atoms with van der Waals surface area (Å²) >= 11 is 1.69. The van der Waals surface area contributed by atoms with E-state index in [4.69, 9.17) is 14.7 Å². The van der Waals surface area contributed by atoms with Crippen LogP contribution in [0.15, 0.2) is 152 Å². The van der Waals surface area contributed by atoms with E-state index in [1.165, 1.54) is 21.4 Å². The van der Waals surface area contributed by atoms with Crippen LogP contribution in [-0.2, 0) is 0 Å². The molecule has 0 radical (unpaired) electrons. The number of fused-ring (bicyclic) bond motifs is 1. The number of rotatable bonds is 7. The number of pyridine rings is 1. The zero-order valence-electron chi connectivity index (χ0n) is 22.2. The van der Waals surface area contributed by atoms with E-state index in [9.17, 15) is 0 Å². The fraction of sp³-hybridized carbons (Fsp3) is 0.0270. The first-order valence-corrected chi connectivity index (χ1v) is 14.4. The van der Waals surface area contributed by atoms with Crippen molar-refractivity contribution in [2.45, 2.75) is 5.92 Å². The Balaban J connectivity index is 1.26. The lowest BCUT2D eigenvalue weighted by molar-refractivity contribution is 0.482. The van der Waals surface area contributed by atoms with Crippen molar-refractivity contribution in [1.29, 1.82) is 0 Å². The molecule has 4 heteroatoms. The summed E-state index contributed by atoms with van der Waals surface area (Å²) in [5.41, 5.74) is 7.75. The van der Waals surface area contributed by atoms with E-state index in [1.807, 2.05) is 48.7 Å². The topological polar surface area (TPSA) is 35.0 Å². The molecule has 0 aliphatic rings. The van der Waals surface area contributed by atoms with Crippen molar-refractivity contribution in [3.63, 3.8) is 0 Å². The van der Waals surface area contributed by atoms with Gasteiger partial charge in [-0.15, -0.1) is 11.3 Å². The molecule has 0 saturated carbocycles. The maximum Gasteiger partial charge on any atom is 0.128 e. The van der Waals surface area contributed by atoms with Crippen LogP contribution in [0, 0.1) is 0 Å². The molecule has 0 N–H and O–H groups in total. The third-order valence-corrected chi connectivity index (χ3v) is 8.23. The molecule has 0 amide bonds. The van der Waals surface area contributed by atoms with Gasteiger partial charge in [0.25, 0.3) is 0 Å². The molecule has 0 spiro atoms.